The molecule has 16 heavy (non-hydrogen) atoms. The van der Waals surface area contributed by atoms with Gasteiger partial charge in [0.25, 0.3) is 5.91 Å². The number of nitrogens with one attached hydrogen (secondary N) is 2. The first kappa shape index (κ1) is 11.1. The minimum absolute atomic E-state index is 0.0143. The fraction of sp³-hybridized carbons (Fsp3) is 0.636. The molecule has 5 heteroatoms. The Morgan fingerprint density at radius 2 is 2.25 bits per heavy atom. The smallest absolute Gasteiger partial charge is 0.283 e. The number of hydrogen-bond donors (Lipinski definition) is 2. The van der Waals surface area contributed by atoms with E-state index in [2.05, 4.69) is 10.5 Å². The molecule has 1 aliphatic rings. The molecule has 1 saturated heterocycles. The quantitative estimate of drug-likeness (QED) is 0.759. The summed E-state index contributed by atoms with van der Waals surface area (Å²) in [6, 6.07) is 1.71. The highest BCUT2D eigenvalue weighted by Gasteiger charge is 2.28. The van der Waals surface area contributed by atoms with Gasteiger partial charge in [-0.05, 0) is 13.8 Å². The second-order valence-electron chi connectivity index (χ2n) is 4.40. The highest BCUT2D eigenvalue weighted by molar-refractivity contribution is 5.92. The molecular weight excluding hydrogens is 206 g/mol. The van der Waals surface area contributed by atoms with Gasteiger partial charge in [0.05, 0.1) is 13.1 Å². The molecule has 1 aliphatic heterocycles. The van der Waals surface area contributed by atoms with Gasteiger partial charge in [0, 0.05) is 18.9 Å². The molecule has 0 radical (unpaired) electrons. The fourth-order valence-corrected chi connectivity index (χ4v) is 2.11. The van der Waals surface area contributed by atoms with Crippen molar-refractivity contribution in [3.8, 4) is 0 Å². The standard InChI is InChI=1S/C11H17N3O2/c1-8-7-10(13-16-8)12-11(15)9(2)14-5-3-4-6-14/h7,9H,3-6H2,1-2H3,(H,12,13,15)/p+1/t9-/m1/s1. The summed E-state index contributed by atoms with van der Waals surface area (Å²) in [6.07, 6.45) is 2.44. The van der Waals surface area contributed by atoms with Crippen molar-refractivity contribution in [2.75, 3.05) is 18.4 Å². The van der Waals surface area contributed by atoms with Crippen LogP contribution in [0.4, 0.5) is 5.82 Å². The lowest BCUT2D eigenvalue weighted by Crippen LogP contribution is -3.14. The number of hydrogen-bond acceptors (Lipinski definition) is 3. The Morgan fingerprint density at radius 1 is 1.56 bits per heavy atom. The van der Waals surface area contributed by atoms with Gasteiger partial charge in [0.15, 0.2) is 11.9 Å². The van der Waals surface area contributed by atoms with E-state index in [-0.39, 0.29) is 11.9 Å². The van der Waals surface area contributed by atoms with E-state index in [0.717, 1.165) is 13.1 Å². The minimum Gasteiger partial charge on any atom is -0.360 e. The fourth-order valence-electron chi connectivity index (χ4n) is 2.11. The second-order valence-corrected chi connectivity index (χ2v) is 4.40. The molecule has 1 aromatic rings. The molecule has 1 fully saturated rings. The number of nitrogens with zero attached hydrogens (tertiary/aromatic N) is 1. The van der Waals surface area contributed by atoms with E-state index in [9.17, 15) is 4.79 Å². The van der Waals surface area contributed by atoms with Crippen LogP contribution in [0.2, 0.25) is 0 Å². The summed E-state index contributed by atoms with van der Waals surface area (Å²) in [5, 5.41) is 6.52. The molecule has 0 aromatic carbocycles. The molecule has 0 bridgehead atoms. The van der Waals surface area contributed by atoms with Gasteiger partial charge >= 0.3 is 0 Å². The van der Waals surface area contributed by atoms with Crippen LogP contribution in [0, 0.1) is 6.92 Å². The summed E-state index contributed by atoms with van der Waals surface area (Å²) in [6.45, 7) is 5.94. The number of quaternary nitrogens is 1. The van der Waals surface area contributed by atoms with Crippen molar-refractivity contribution in [1.29, 1.82) is 0 Å². The molecule has 0 saturated carbocycles. The highest BCUT2D eigenvalue weighted by Crippen LogP contribution is 2.07. The van der Waals surface area contributed by atoms with Crippen molar-refractivity contribution in [2.45, 2.75) is 32.7 Å². The van der Waals surface area contributed by atoms with Gasteiger partial charge in [-0.25, -0.2) is 0 Å². The van der Waals surface area contributed by atoms with E-state index >= 15 is 0 Å². The predicted molar refractivity (Wildman–Crippen MR) is 59.3 cm³/mol. The maximum Gasteiger partial charge on any atom is 0.283 e. The average Bonchev–Trinajstić information content (AvgIpc) is 2.88. The number of likely N-dealkylation sites (tertiary alicyclic amines) is 1. The zero-order chi connectivity index (χ0) is 11.5. The first-order chi connectivity index (χ1) is 7.66. The lowest BCUT2D eigenvalue weighted by Gasteiger charge is -2.19. The molecule has 5 nitrogen and oxygen atoms in total. The zero-order valence-electron chi connectivity index (χ0n) is 9.75. The second kappa shape index (κ2) is 4.65. The normalized spacial score (nSPS) is 18.6. The van der Waals surface area contributed by atoms with E-state index in [0.29, 0.717) is 11.6 Å². The molecule has 1 amide bonds. The van der Waals surface area contributed by atoms with Crippen molar-refractivity contribution < 1.29 is 14.2 Å². The Bertz CT molecular complexity index is 369. The summed E-state index contributed by atoms with van der Waals surface area (Å²) < 4.78 is 4.90. The largest absolute Gasteiger partial charge is 0.360 e. The number of rotatable bonds is 3. The first-order valence-corrected chi connectivity index (χ1v) is 5.75. The molecule has 0 unspecified atom stereocenters. The molecule has 2 N–H and O–H groups in total. The molecule has 2 rings (SSSR count). The monoisotopic (exact) mass is 224 g/mol. The Labute approximate surface area is 94.8 Å². The summed E-state index contributed by atoms with van der Waals surface area (Å²) in [5.74, 6) is 1.23. The lowest BCUT2D eigenvalue weighted by molar-refractivity contribution is -0.901. The third-order valence-electron chi connectivity index (χ3n) is 3.13. The van der Waals surface area contributed by atoms with Crippen molar-refractivity contribution in [3.05, 3.63) is 11.8 Å². The van der Waals surface area contributed by atoms with Gasteiger partial charge in [-0.2, -0.15) is 0 Å². The number of aryl methyl sites for hydroxylation is 1. The van der Waals surface area contributed by atoms with Gasteiger partial charge < -0.3 is 14.7 Å². The Hall–Kier alpha value is -1.36. The van der Waals surface area contributed by atoms with Gasteiger partial charge in [-0.1, -0.05) is 5.16 Å². The first-order valence-electron chi connectivity index (χ1n) is 5.75. The lowest BCUT2D eigenvalue weighted by atomic mass is 10.3. The molecule has 2 heterocycles. The summed E-state index contributed by atoms with van der Waals surface area (Å²) in [5.41, 5.74) is 0. The summed E-state index contributed by atoms with van der Waals surface area (Å²) in [4.78, 5) is 13.3. The van der Waals surface area contributed by atoms with Gasteiger partial charge in [0.2, 0.25) is 0 Å². The molecular formula is C11H18N3O2+. The molecule has 0 aliphatic carbocycles. The number of carbonyl (C=O) groups excluding carboxylic acids is 1. The van der Waals surface area contributed by atoms with Gasteiger partial charge in [0.1, 0.15) is 5.76 Å². The minimum atomic E-state index is -0.0143. The van der Waals surface area contributed by atoms with Crippen LogP contribution < -0.4 is 10.2 Å². The maximum atomic E-state index is 11.9. The Morgan fingerprint density at radius 3 is 2.81 bits per heavy atom. The Kier molecular flexibility index (Phi) is 3.24. The van der Waals surface area contributed by atoms with Crippen LogP contribution in [0.1, 0.15) is 25.5 Å². The average molecular weight is 224 g/mol. The van der Waals surface area contributed by atoms with Crippen LogP contribution in [0.25, 0.3) is 0 Å². The third-order valence-corrected chi connectivity index (χ3v) is 3.13. The third kappa shape index (κ3) is 2.41. The maximum absolute atomic E-state index is 11.9. The summed E-state index contributed by atoms with van der Waals surface area (Å²) >= 11 is 0. The molecule has 88 valence electrons. The number of aromatic nitrogens is 1. The predicted octanol–water partition coefficient (Wildman–Crippen LogP) is -0.0113. The SMILES string of the molecule is Cc1cc(NC(=O)[C@@H](C)[NH+]2CCCC2)no1. The number of amides is 1. The summed E-state index contributed by atoms with van der Waals surface area (Å²) in [7, 11) is 0. The van der Waals surface area contributed by atoms with Crippen molar-refractivity contribution in [3.63, 3.8) is 0 Å². The van der Waals surface area contributed by atoms with Crippen LogP contribution >= 0.6 is 0 Å². The van der Waals surface area contributed by atoms with E-state index in [1.165, 1.54) is 17.7 Å². The van der Waals surface area contributed by atoms with E-state index in [1.807, 2.05) is 6.92 Å². The van der Waals surface area contributed by atoms with Crippen molar-refractivity contribution in [1.82, 2.24) is 5.16 Å². The number of anilines is 1. The molecule has 0 spiro atoms. The van der Waals surface area contributed by atoms with Crippen molar-refractivity contribution in [2.24, 2.45) is 0 Å². The Balaban J connectivity index is 1.92. The zero-order valence-corrected chi connectivity index (χ0v) is 9.75. The van der Waals surface area contributed by atoms with Crippen LogP contribution in [0.15, 0.2) is 10.6 Å². The van der Waals surface area contributed by atoms with Crippen LogP contribution in [-0.2, 0) is 4.79 Å². The van der Waals surface area contributed by atoms with Crippen molar-refractivity contribution >= 4 is 11.7 Å². The topological polar surface area (TPSA) is 59.6 Å². The van der Waals surface area contributed by atoms with Gasteiger partial charge in [-0.15, -0.1) is 0 Å². The highest BCUT2D eigenvalue weighted by atomic mass is 16.5. The van der Waals surface area contributed by atoms with Crippen LogP contribution in [-0.4, -0.2) is 30.2 Å². The van der Waals surface area contributed by atoms with E-state index in [1.54, 1.807) is 13.0 Å². The van der Waals surface area contributed by atoms with Crippen LogP contribution in [0.3, 0.4) is 0 Å². The molecule has 1 aromatic heterocycles. The number of carbonyl (C=O) groups is 1. The van der Waals surface area contributed by atoms with E-state index < -0.39 is 0 Å². The van der Waals surface area contributed by atoms with Crippen LogP contribution in [0.5, 0.6) is 0 Å². The van der Waals surface area contributed by atoms with Gasteiger partial charge in [-0.3, -0.25) is 4.79 Å². The van der Waals surface area contributed by atoms with E-state index in [4.69, 9.17) is 4.52 Å². The molecule has 1 atom stereocenters.